The zero-order valence-corrected chi connectivity index (χ0v) is 12.8. The average molecular weight is 324 g/mol. The van der Waals surface area contributed by atoms with Gasteiger partial charge >= 0.3 is 0 Å². The number of hydrogen-bond acceptors (Lipinski definition) is 6. The van der Waals surface area contributed by atoms with Crippen LogP contribution < -0.4 is 11.1 Å². The van der Waals surface area contributed by atoms with Crippen molar-refractivity contribution < 1.29 is 14.7 Å². The van der Waals surface area contributed by atoms with Crippen LogP contribution in [0.4, 0.5) is 11.4 Å². The molecule has 2 aromatic rings. The Morgan fingerprint density at radius 3 is 2.38 bits per heavy atom. The maximum Gasteiger partial charge on any atom is 0.296 e. The molecule has 0 fully saturated rings. The number of Topliss-reactive ketones (excluding diaryl/α,β-unsaturated/α-hetero) is 1. The summed E-state index contributed by atoms with van der Waals surface area (Å²) in [5, 5.41) is 19.9. The van der Waals surface area contributed by atoms with Gasteiger partial charge < -0.3 is 16.2 Å². The van der Waals surface area contributed by atoms with Crippen LogP contribution in [-0.2, 0) is 4.79 Å². The molecule has 2 aromatic carbocycles. The summed E-state index contributed by atoms with van der Waals surface area (Å²) in [6.07, 6.45) is 0. The van der Waals surface area contributed by atoms with E-state index in [1.165, 1.54) is 18.2 Å². The van der Waals surface area contributed by atoms with Gasteiger partial charge in [0.2, 0.25) is 0 Å². The van der Waals surface area contributed by atoms with Crippen LogP contribution in [0.25, 0.3) is 0 Å². The summed E-state index contributed by atoms with van der Waals surface area (Å²) in [7, 11) is 0. The number of nitrogen functional groups attached to an aromatic ring is 1. The Bertz CT molecular complexity index is 787. The summed E-state index contributed by atoms with van der Waals surface area (Å²) in [5.74, 6) is -1.46. The topological polar surface area (TPSA) is 117 Å². The average Bonchev–Trinajstić information content (AvgIpc) is 3.08. The van der Waals surface area contributed by atoms with Gasteiger partial charge in [-0.05, 0) is 29.8 Å². The van der Waals surface area contributed by atoms with Crippen LogP contribution in [0.15, 0.2) is 52.7 Å². The number of aromatic hydroxyl groups is 1. The number of anilines is 2. The van der Waals surface area contributed by atoms with Crippen molar-refractivity contribution in [2.45, 2.75) is 5.92 Å². The molecule has 1 heterocycles. The lowest BCUT2D eigenvalue weighted by Gasteiger charge is -2.09. The minimum Gasteiger partial charge on any atom is -0.508 e. The lowest BCUT2D eigenvalue weighted by atomic mass is 10.00. The van der Waals surface area contributed by atoms with Crippen molar-refractivity contribution in [2.75, 3.05) is 24.1 Å². The van der Waals surface area contributed by atoms with Gasteiger partial charge in [-0.25, -0.2) is 0 Å². The molecule has 0 unspecified atom stereocenters. The van der Waals surface area contributed by atoms with Crippen LogP contribution in [0.1, 0.15) is 21.8 Å². The third-order valence-corrected chi connectivity index (χ3v) is 3.75. The smallest absolute Gasteiger partial charge is 0.296 e. The summed E-state index contributed by atoms with van der Waals surface area (Å²) in [4.78, 5) is 24.2. The number of carbonyl (C=O) groups excluding carboxylic acids is 2. The van der Waals surface area contributed by atoms with Gasteiger partial charge in [0.1, 0.15) is 5.75 Å². The number of benzene rings is 2. The van der Waals surface area contributed by atoms with E-state index in [0.717, 1.165) is 5.56 Å². The van der Waals surface area contributed by atoms with Gasteiger partial charge in [-0.1, -0.05) is 12.1 Å². The minimum absolute atomic E-state index is 0.0378. The Morgan fingerprint density at radius 2 is 1.75 bits per heavy atom. The molecule has 0 saturated heterocycles. The lowest BCUT2D eigenvalue weighted by Crippen LogP contribution is -2.23. The molecule has 0 atom stereocenters. The fourth-order valence-corrected chi connectivity index (χ4v) is 2.50. The highest BCUT2D eigenvalue weighted by atomic mass is 16.3. The van der Waals surface area contributed by atoms with Crippen LogP contribution in [0.3, 0.4) is 0 Å². The van der Waals surface area contributed by atoms with E-state index in [1.54, 1.807) is 12.1 Å². The number of nitrogens with zero attached hydrogens (tertiary/aromatic N) is 2. The first-order valence-electron chi connectivity index (χ1n) is 7.41. The Hall–Kier alpha value is -3.22. The third-order valence-electron chi connectivity index (χ3n) is 3.75. The number of azo groups is 1. The van der Waals surface area contributed by atoms with E-state index >= 15 is 0 Å². The molecule has 24 heavy (non-hydrogen) atoms. The maximum absolute atomic E-state index is 12.1. The number of phenols is 1. The molecule has 3 rings (SSSR count). The van der Waals surface area contributed by atoms with Gasteiger partial charge in [-0.2, -0.15) is 10.2 Å². The summed E-state index contributed by atoms with van der Waals surface area (Å²) in [5.41, 5.74) is 7.42. The quantitative estimate of drug-likeness (QED) is 0.454. The fourth-order valence-electron chi connectivity index (χ4n) is 2.50. The van der Waals surface area contributed by atoms with E-state index in [9.17, 15) is 14.7 Å². The number of ketones is 1. The summed E-state index contributed by atoms with van der Waals surface area (Å²) in [6.45, 7) is 1.34. The van der Waals surface area contributed by atoms with Gasteiger partial charge in [0.05, 0.1) is 13.1 Å². The van der Waals surface area contributed by atoms with Crippen LogP contribution in [0.5, 0.6) is 5.75 Å². The van der Waals surface area contributed by atoms with Crippen LogP contribution >= 0.6 is 0 Å². The highest BCUT2D eigenvalue weighted by Crippen LogP contribution is 2.23. The van der Waals surface area contributed by atoms with Crippen molar-refractivity contribution >= 4 is 23.1 Å². The Balaban J connectivity index is 1.68. The van der Waals surface area contributed by atoms with Crippen molar-refractivity contribution in [2.24, 2.45) is 10.2 Å². The fraction of sp³-hybridized carbons (Fsp3) is 0.176. The third kappa shape index (κ3) is 3.40. The van der Waals surface area contributed by atoms with Crippen LogP contribution in [0.2, 0.25) is 0 Å². The number of rotatable bonds is 4. The molecule has 0 bridgehead atoms. The number of nitrogens with one attached hydrogen (secondary N) is 1. The molecular formula is C17H16N4O3. The van der Waals surface area contributed by atoms with Crippen molar-refractivity contribution in [3.05, 3.63) is 53.6 Å². The van der Waals surface area contributed by atoms with Gasteiger partial charge in [-0.3, -0.25) is 9.59 Å². The first-order chi connectivity index (χ1) is 11.5. The largest absolute Gasteiger partial charge is 0.508 e. The molecule has 1 aliphatic heterocycles. The summed E-state index contributed by atoms with van der Waals surface area (Å²) in [6, 6.07) is 11.1. The molecule has 1 aliphatic rings. The van der Waals surface area contributed by atoms with Crippen molar-refractivity contribution in [3.63, 3.8) is 0 Å². The van der Waals surface area contributed by atoms with E-state index in [2.05, 4.69) is 15.5 Å². The first kappa shape index (κ1) is 15.7. The number of amides is 1. The zero-order valence-electron chi connectivity index (χ0n) is 12.8. The zero-order chi connectivity index (χ0) is 17.1. The highest BCUT2D eigenvalue weighted by Gasteiger charge is 2.18. The predicted molar refractivity (Wildman–Crippen MR) is 89.3 cm³/mol. The Morgan fingerprint density at radius 1 is 1.08 bits per heavy atom. The van der Waals surface area contributed by atoms with E-state index in [4.69, 9.17) is 5.73 Å². The predicted octanol–water partition coefficient (Wildman–Crippen LogP) is 2.35. The number of nitrogens with two attached hydrogens (primary N) is 1. The number of hydrogen-bond donors (Lipinski definition) is 3. The van der Waals surface area contributed by atoms with E-state index < -0.39 is 11.7 Å². The maximum atomic E-state index is 12.1. The summed E-state index contributed by atoms with van der Waals surface area (Å²) < 4.78 is 0. The molecule has 7 nitrogen and oxygen atoms in total. The van der Waals surface area contributed by atoms with Gasteiger partial charge in [-0.15, -0.1) is 0 Å². The first-order valence-corrected chi connectivity index (χ1v) is 7.41. The Labute approximate surface area is 138 Å². The molecule has 0 saturated carbocycles. The lowest BCUT2D eigenvalue weighted by molar-refractivity contribution is -0.112. The molecule has 7 heteroatoms. The van der Waals surface area contributed by atoms with Crippen molar-refractivity contribution in [1.29, 1.82) is 0 Å². The molecule has 122 valence electrons. The molecule has 0 radical (unpaired) electrons. The SMILES string of the molecule is Nc1cc(O)cc(C(=O)C(=O)Nc2ccc(C3CN=NC3)cc2)c1. The van der Waals surface area contributed by atoms with Gasteiger partial charge in [0, 0.05) is 28.9 Å². The standard InChI is InChI=1S/C17H16N4O3/c18-13-5-11(6-15(22)7-13)16(23)17(24)21-14-3-1-10(2-4-14)12-8-19-20-9-12/h1-7,12,22H,8-9,18H2,(H,21,24). The van der Waals surface area contributed by atoms with Crippen molar-refractivity contribution in [3.8, 4) is 5.75 Å². The highest BCUT2D eigenvalue weighted by molar-refractivity contribution is 6.46. The van der Waals surface area contributed by atoms with Crippen LogP contribution in [-0.4, -0.2) is 29.9 Å². The minimum atomic E-state index is -0.793. The second kappa shape index (κ2) is 6.49. The number of phenolic OH excluding ortho intramolecular Hbond substituents is 1. The molecule has 0 spiro atoms. The summed E-state index contributed by atoms with van der Waals surface area (Å²) >= 11 is 0. The number of carbonyl (C=O) groups is 2. The molecule has 1 amide bonds. The monoisotopic (exact) mass is 324 g/mol. The molecule has 4 N–H and O–H groups in total. The van der Waals surface area contributed by atoms with E-state index in [0.29, 0.717) is 18.8 Å². The molecular weight excluding hydrogens is 308 g/mol. The normalized spacial score (nSPS) is 13.8. The van der Waals surface area contributed by atoms with Crippen molar-refractivity contribution in [1.82, 2.24) is 0 Å². The van der Waals surface area contributed by atoms with Gasteiger partial charge in [0.25, 0.3) is 11.7 Å². The molecule has 0 aromatic heterocycles. The Kier molecular flexibility index (Phi) is 4.24. The van der Waals surface area contributed by atoms with Gasteiger partial charge in [0.15, 0.2) is 0 Å². The van der Waals surface area contributed by atoms with E-state index in [1.807, 2.05) is 12.1 Å². The van der Waals surface area contributed by atoms with E-state index in [-0.39, 0.29) is 22.9 Å². The molecule has 0 aliphatic carbocycles. The second-order valence-corrected chi connectivity index (χ2v) is 5.56. The second-order valence-electron chi connectivity index (χ2n) is 5.56. The van der Waals surface area contributed by atoms with Crippen LogP contribution in [0, 0.1) is 0 Å².